The molecule has 0 heterocycles. The summed E-state index contributed by atoms with van der Waals surface area (Å²) in [6.07, 6.45) is -1.40. The lowest BCUT2D eigenvalue weighted by Gasteiger charge is -2.65. The topological polar surface area (TPSA) is 52.6 Å². The van der Waals surface area contributed by atoms with Crippen LogP contribution in [0.15, 0.2) is 109 Å². The number of ether oxygens (including phenoxy) is 2. The number of halogens is 2. The molecule has 4 aromatic carbocycles. The van der Waals surface area contributed by atoms with Crippen LogP contribution in [0.25, 0.3) is 0 Å². The highest BCUT2D eigenvalue weighted by molar-refractivity contribution is 14.1. The standard InChI is InChI=1S/C31H20I2O4/c32-30-23-17-9-7-15-21(23)29(30)22-16-8-10-18-24(22)31(29,33)26(37-28(35)20-13-5-2-6-14-20)25(30)36-27(34)19-11-3-1-4-12-19/h1-18,25-26H/t25?,26?,29-,30-,31?/m1/s1. The minimum atomic E-state index is -0.701. The molecule has 0 aliphatic heterocycles. The van der Waals surface area contributed by atoms with Gasteiger partial charge in [0.15, 0.2) is 12.2 Å². The van der Waals surface area contributed by atoms with Crippen LogP contribution < -0.4 is 0 Å². The summed E-state index contributed by atoms with van der Waals surface area (Å²) in [5.74, 6) is -0.848. The van der Waals surface area contributed by atoms with Gasteiger partial charge in [-0.25, -0.2) is 9.59 Å². The van der Waals surface area contributed by atoms with E-state index in [0.717, 1.165) is 11.1 Å². The Bertz CT molecular complexity index is 1450. The smallest absolute Gasteiger partial charge is 0.338 e. The van der Waals surface area contributed by atoms with Gasteiger partial charge in [-0.2, -0.15) is 0 Å². The zero-order valence-electron chi connectivity index (χ0n) is 19.4. The van der Waals surface area contributed by atoms with Gasteiger partial charge < -0.3 is 9.47 Å². The molecule has 3 unspecified atom stereocenters. The average Bonchev–Trinajstić information content (AvgIpc) is 3.05. The average molecular weight is 710 g/mol. The molecule has 4 nitrogen and oxygen atoms in total. The fraction of sp³-hybridized carbons (Fsp3) is 0.161. The largest absolute Gasteiger partial charge is 0.453 e. The van der Waals surface area contributed by atoms with Crippen molar-refractivity contribution in [3.05, 3.63) is 143 Å². The monoisotopic (exact) mass is 710 g/mol. The van der Waals surface area contributed by atoms with Gasteiger partial charge in [-0.1, -0.05) is 130 Å². The fourth-order valence-electron chi connectivity index (χ4n) is 6.68. The van der Waals surface area contributed by atoms with Gasteiger partial charge in [0.05, 0.1) is 16.5 Å². The molecule has 1 fully saturated rings. The van der Waals surface area contributed by atoms with Crippen LogP contribution in [0.1, 0.15) is 43.0 Å². The van der Waals surface area contributed by atoms with E-state index in [-0.39, 0.29) is 0 Å². The van der Waals surface area contributed by atoms with E-state index in [1.807, 2.05) is 48.5 Å². The molecule has 0 bridgehead atoms. The van der Waals surface area contributed by atoms with E-state index in [9.17, 15) is 9.59 Å². The fourth-order valence-corrected chi connectivity index (χ4v) is 11.1. The molecule has 3 aliphatic rings. The number of hydrogen-bond donors (Lipinski definition) is 0. The highest BCUT2D eigenvalue weighted by Crippen LogP contribution is 2.85. The molecule has 5 atom stereocenters. The van der Waals surface area contributed by atoms with Gasteiger partial charge in [0.1, 0.15) is 6.84 Å². The quantitative estimate of drug-likeness (QED) is 0.134. The maximum atomic E-state index is 13.5. The molecular formula is C31H20I2O4. The van der Waals surface area contributed by atoms with Crippen molar-refractivity contribution in [2.75, 3.05) is 0 Å². The van der Waals surface area contributed by atoms with E-state index >= 15 is 0 Å². The summed E-state index contributed by atoms with van der Waals surface area (Å²) in [6, 6.07) is 34.7. The number of esters is 2. The Morgan fingerprint density at radius 3 is 1.22 bits per heavy atom. The molecule has 1 saturated carbocycles. The third-order valence-corrected chi connectivity index (χ3v) is 12.1. The van der Waals surface area contributed by atoms with Gasteiger partial charge in [-0.3, -0.25) is 0 Å². The lowest BCUT2D eigenvalue weighted by atomic mass is 9.43. The zero-order valence-corrected chi connectivity index (χ0v) is 23.8. The second-order valence-corrected chi connectivity index (χ2v) is 13.1. The van der Waals surface area contributed by atoms with E-state index in [0.29, 0.717) is 11.1 Å². The van der Waals surface area contributed by atoms with Crippen LogP contribution in [0.3, 0.4) is 0 Å². The summed E-state index contributed by atoms with van der Waals surface area (Å²) in [5, 5.41) is 0. The van der Waals surface area contributed by atoms with E-state index in [2.05, 4.69) is 81.6 Å². The molecule has 7 rings (SSSR count). The van der Waals surface area contributed by atoms with Gasteiger partial charge in [-0.05, 0) is 46.5 Å². The Morgan fingerprint density at radius 1 is 0.514 bits per heavy atom. The van der Waals surface area contributed by atoms with Gasteiger partial charge in [0, 0.05) is 0 Å². The third-order valence-electron chi connectivity index (χ3n) is 8.08. The van der Waals surface area contributed by atoms with Crippen molar-refractivity contribution in [2.24, 2.45) is 0 Å². The number of carbonyl (C=O) groups is 2. The first kappa shape index (κ1) is 23.4. The molecule has 182 valence electrons. The first-order valence-corrected chi connectivity index (χ1v) is 14.2. The Balaban J connectivity index is 1.42. The molecule has 0 aromatic heterocycles. The summed E-state index contributed by atoms with van der Waals surface area (Å²) in [7, 11) is 0. The molecule has 0 N–H and O–H groups in total. The second kappa shape index (κ2) is 8.14. The normalized spacial score (nSPS) is 29.9. The van der Waals surface area contributed by atoms with Crippen molar-refractivity contribution in [2.45, 2.75) is 24.5 Å². The van der Waals surface area contributed by atoms with E-state index < -0.39 is 36.4 Å². The Kier molecular flexibility index (Phi) is 5.15. The molecule has 4 aromatic rings. The number of alkyl halides is 2. The zero-order chi connectivity index (χ0) is 25.4. The predicted octanol–water partition coefficient (Wildman–Crippen LogP) is 6.73. The third kappa shape index (κ3) is 2.73. The van der Waals surface area contributed by atoms with Crippen molar-refractivity contribution in [1.29, 1.82) is 0 Å². The van der Waals surface area contributed by atoms with Gasteiger partial charge in [-0.15, -0.1) is 0 Å². The summed E-state index contributed by atoms with van der Waals surface area (Å²) in [4.78, 5) is 26.9. The maximum Gasteiger partial charge on any atom is 0.338 e. The van der Waals surface area contributed by atoms with Gasteiger partial charge >= 0.3 is 11.9 Å². The molecular weight excluding hydrogens is 690 g/mol. The molecule has 0 radical (unpaired) electrons. The van der Waals surface area contributed by atoms with Crippen LogP contribution in [-0.4, -0.2) is 24.1 Å². The van der Waals surface area contributed by atoms with Crippen molar-refractivity contribution in [3.8, 4) is 0 Å². The number of carbonyl (C=O) groups excluding carboxylic acids is 2. The Hall–Kier alpha value is -2.72. The minimum absolute atomic E-state index is 0.424. The highest BCUT2D eigenvalue weighted by Gasteiger charge is 2.89. The number of hydrogen-bond acceptors (Lipinski definition) is 4. The van der Waals surface area contributed by atoms with Crippen molar-refractivity contribution in [1.82, 2.24) is 0 Å². The number of benzene rings is 4. The molecule has 6 heteroatoms. The highest BCUT2D eigenvalue weighted by atomic mass is 127. The molecule has 0 saturated heterocycles. The first-order valence-electron chi connectivity index (χ1n) is 12.1. The van der Waals surface area contributed by atoms with Gasteiger partial charge in [0.2, 0.25) is 0 Å². The summed E-state index contributed by atoms with van der Waals surface area (Å²) >= 11 is 4.96. The Labute approximate surface area is 241 Å². The molecule has 0 amide bonds. The van der Waals surface area contributed by atoms with Crippen molar-refractivity contribution in [3.63, 3.8) is 0 Å². The van der Waals surface area contributed by atoms with Crippen LogP contribution in [0.4, 0.5) is 0 Å². The van der Waals surface area contributed by atoms with Crippen LogP contribution in [-0.2, 0) is 21.7 Å². The lowest BCUT2D eigenvalue weighted by molar-refractivity contribution is -0.0348. The second-order valence-electron chi connectivity index (χ2n) is 9.65. The minimum Gasteiger partial charge on any atom is -0.453 e. The summed E-state index contributed by atoms with van der Waals surface area (Å²) in [5.41, 5.74) is 5.13. The first-order chi connectivity index (χ1) is 18.0. The van der Waals surface area contributed by atoms with Crippen LogP contribution in [0.2, 0.25) is 0 Å². The molecule has 37 heavy (non-hydrogen) atoms. The van der Waals surface area contributed by atoms with E-state index in [1.54, 1.807) is 24.3 Å². The molecule has 3 aliphatic carbocycles. The Morgan fingerprint density at radius 2 is 0.838 bits per heavy atom. The number of fused-ring (bicyclic) bond motifs is 4. The van der Waals surface area contributed by atoms with Gasteiger partial charge in [0.25, 0.3) is 0 Å². The lowest BCUT2D eigenvalue weighted by Crippen LogP contribution is -2.67. The van der Waals surface area contributed by atoms with E-state index in [1.165, 1.54) is 11.1 Å². The van der Waals surface area contributed by atoms with Crippen molar-refractivity contribution >= 4 is 57.1 Å². The number of rotatable bonds is 4. The van der Waals surface area contributed by atoms with Crippen LogP contribution in [0, 0.1) is 0 Å². The molecule has 1 spiro atoms. The predicted molar refractivity (Wildman–Crippen MR) is 156 cm³/mol. The van der Waals surface area contributed by atoms with E-state index in [4.69, 9.17) is 9.47 Å². The van der Waals surface area contributed by atoms with Crippen molar-refractivity contribution < 1.29 is 19.1 Å². The van der Waals surface area contributed by atoms with Crippen LogP contribution >= 0.6 is 45.2 Å². The maximum absolute atomic E-state index is 13.5. The summed E-state index contributed by atoms with van der Waals surface area (Å²) < 4.78 is 11.6. The SMILES string of the molecule is O=C(OC1C(OC(=O)c2ccccc2)[C@]2(I)c3ccccc3[C@@]23c2ccccc2C13I)c1ccccc1. The summed E-state index contributed by atoms with van der Waals surface area (Å²) in [6.45, 7) is 0. The van der Waals surface area contributed by atoms with Crippen LogP contribution in [0.5, 0.6) is 0 Å².